The van der Waals surface area contributed by atoms with E-state index in [0.717, 1.165) is 25.5 Å². The van der Waals surface area contributed by atoms with Gasteiger partial charge in [0, 0.05) is 5.02 Å². The molecule has 0 saturated heterocycles. The molecule has 2 rings (SSSR count). The third-order valence-corrected chi connectivity index (χ3v) is 3.63. The molecule has 1 aliphatic carbocycles. The molecule has 0 spiro atoms. The summed E-state index contributed by atoms with van der Waals surface area (Å²) in [5.41, 5.74) is 0.579. The van der Waals surface area contributed by atoms with E-state index in [1.165, 1.54) is 7.11 Å². The topological polar surface area (TPSA) is 43.4 Å². The maximum Gasteiger partial charge on any atom is 0.338 e. The SMILES string of the molecule is COC(=O)c1ccc(Cl)cc1C1(C=O)CCC1. The molecule has 1 fully saturated rings. The highest BCUT2D eigenvalue weighted by molar-refractivity contribution is 6.30. The lowest BCUT2D eigenvalue weighted by molar-refractivity contribution is -0.115. The number of methoxy groups -OCH3 is 1. The summed E-state index contributed by atoms with van der Waals surface area (Å²) in [4.78, 5) is 23.0. The van der Waals surface area contributed by atoms with Crippen molar-refractivity contribution in [3.8, 4) is 0 Å². The van der Waals surface area contributed by atoms with Gasteiger partial charge >= 0.3 is 5.97 Å². The Morgan fingerprint density at radius 2 is 2.18 bits per heavy atom. The first-order valence-electron chi connectivity index (χ1n) is 5.47. The van der Waals surface area contributed by atoms with Crippen molar-refractivity contribution in [1.29, 1.82) is 0 Å². The zero-order valence-corrected chi connectivity index (χ0v) is 10.3. The highest BCUT2D eigenvalue weighted by Crippen LogP contribution is 2.44. The Hall–Kier alpha value is -1.35. The van der Waals surface area contributed by atoms with E-state index in [-0.39, 0.29) is 0 Å². The minimum Gasteiger partial charge on any atom is -0.465 e. The van der Waals surface area contributed by atoms with Crippen LogP contribution in [-0.4, -0.2) is 19.4 Å². The van der Waals surface area contributed by atoms with Crippen LogP contribution in [0.25, 0.3) is 0 Å². The highest BCUT2D eigenvalue weighted by atomic mass is 35.5. The van der Waals surface area contributed by atoms with Crippen LogP contribution >= 0.6 is 11.6 Å². The Labute approximate surface area is 105 Å². The summed E-state index contributed by atoms with van der Waals surface area (Å²) in [6, 6.07) is 4.95. The lowest BCUT2D eigenvalue weighted by Gasteiger charge is -2.38. The minimum absolute atomic E-state index is 0.426. The van der Waals surface area contributed by atoms with Gasteiger partial charge in [0.1, 0.15) is 6.29 Å². The van der Waals surface area contributed by atoms with Crippen molar-refractivity contribution in [2.24, 2.45) is 0 Å². The van der Waals surface area contributed by atoms with Crippen molar-refractivity contribution in [3.63, 3.8) is 0 Å². The number of rotatable bonds is 3. The van der Waals surface area contributed by atoms with E-state index in [1.807, 2.05) is 0 Å². The summed E-state index contributed by atoms with van der Waals surface area (Å²) >= 11 is 5.94. The van der Waals surface area contributed by atoms with Gasteiger partial charge in [0.2, 0.25) is 0 Å². The van der Waals surface area contributed by atoms with Gasteiger partial charge in [-0.05, 0) is 36.6 Å². The molecule has 4 heteroatoms. The monoisotopic (exact) mass is 252 g/mol. The molecule has 17 heavy (non-hydrogen) atoms. The molecule has 0 radical (unpaired) electrons. The number of hydrogen-bond acceptors (Lipinski definition) is 3. The van der Waals surface area contributed by atoms with Crippen LogP contribution in [0.4, 0.5) is 0 Å². The molecule has 0 aromatic heterocycles. The molecule has 0 heterocycles. The van der Waals surface area contributed by atoms with Gasteiger partial charge in [0.25, 0.3) is 0 Å². The van der Waals surface area contributed by atoms with E-state index in [4.69, 9.17) is 16.3 Å². The summed E-state index contributed by atoms with van der Waals surface area (Å²) in [7, 11) is 1.33. The molecule has 1 aromatic rings. The molecular weight excluding hydrogens is 240 g/mol. The first kappa shape index (κ1) is 12.1. The molecule has 0 amide bonds. The van der Waals surface area contributed by atoms with Crippen molar-refractivity contribution >= 4 is 23.9 Å². The third-order valence-electron chi connectivity index (χ3n) is 3.39. The lowest BCUT2D eigenvalue weighted by atomic mass is 9.64. The zero-order valence-electron chi connectivity index (χ0n) is 9.53. The number of esters is 1. The number of aldehydes is 1. The van der Waals surface area contributed by atoms with Crippen LogP contribution in [0.3, 0.4) is 0 Å². The smallest absolute Gasteiger partial charge is 0.338 e. The molecule has 0 atom stereocenters. The van der Waals surface area contributed by atoms with Gasteiger partial charge in [-0.1, -0.05) is 18.0 Å². The fourth-order valence-corrected chi connectivity index (χ4v) is 2.40. The van der Waals surface area contributed by atoms with E-state index in [1.54, 1.807) is 18.2 Å². The van der Waals surface area contributed by atoms with Crippen LogP contribution in [0, 0.1) is 0 Å². The maximum atomic E-state index is 11.7. The van der Waals surface area contributed by atoms with Gasteiger partial charge in [0.05, 0.1) is 18.1 Å². The molecule has 0 aliphatic heterocycles. The normalized spacial score (nSPS) is 17.1. The number of hydrogen-bond donors (Lipinski definition) is 0. The standard InChI is InChI=1S/C13H13ClO3/c1-17-12(16)10-4-3-9(14)7-11(10)13(8-15)5-2-6-13/h3-4,7-8H,2,5-6H2,1H3. The number of ether oxygens (including phenoxy) is 1. The molecule has 3 nitrogen and oxygen atoms in total. The number of carbonyl (C=O) groups is 2. The molecule has 1 aliphatic rings. The largest absolute Gasteiger partial charge is 0.465 e. The molecule has 0 bridgehead atoms. The van der Waals surface area contributed by atoms with Crippen LogP contribution in [-0.2, 0) is 14.9 Å². The van der Waals surface area contributed by atoms with Crippen molar-refractivity contribution < 1.29 is 14.3 Å². The molecule has 1 saturated carbocycles. The maximum absolute atomic E-state index is 11.7. The summed E-state index contributed by atoms with van der Waals surface area (Å²) in [6.45, 7) is 0. The average molecular weight is 253 g/mol. The summed E-state index contributed by atoms with van der Waals surface area (Å²) in [5, 5.41) is 0.528. The predicted octanol–water partition coefficient (Wildman–Crippen LogP) is 2.75. The van der Waals surface area contributed by atoms with E-state index >= 15 is 0 Å². The van der Waals surface area contributed by atoms with Crippen molar-refractivity contribution in [3.05, 3.63) is 34.3 Å². The Balaban J connectivity index is 2.54. The Kier molecular flexibility index (Phi) is 3.20. The first-order chi connectivity index (χ1) is 8.13. The van der Waals surface area contributed by atoms with Crippen molar-refractivity contribution in [2.45, 2.75) is 24.7 Å². The van der Waals surface area contributed by atoms with Gasteiger partial charge in [-0.2, -0.15) is 0 Å². The Morgan fingerprint density at radius 1 is 1.47 bits per heavy atom. The second-order valence-electron chi connectivity index (χ2n) is 4.31. The van der Waals surface area contributed by atoms with Gasteiger partial charge in [-0.3, -0.25) is 0 Å². The van der Waals surface area contributed by atoms with Gasteiger partial charge in [0.15, 0.2) is 0 Å². The highest BCUT2D eigenvalue weighted by Gasteiger charge is 2.41. The predicted molar refractivity (Wildman–Crippen MR) is 64.4 cm³/mol. The molecule has 0 unspecified atom stereocenters. The number of benzene rings is 1. The Morgan fingerprint density at radius 3 is 2.65 bits per heavy atom. The van der Waals surface area contributed by atoms with Crippen molar-refractivity contribution in [2.75, 3.05) is 7.11 Å². The minimum atomic E-state index is -0.547. The zero-order chi connectivity index (χ0) is 12.5. The summed E-state index contributed by atoms with van der Waals surface area (Å²) in [6.07, 6.45) is 3.45. The van der Waals surface area contributed by atoms with Gasteiger partial charge < -0.3 is 9.53 Å². The molecule has 0 N–H and O–H groups in total. The van der Waals surface area contributed by atoms with E-state index in [9.17, 15) is 9.59 Å². The van der Waals surface area contributed by atoms with E-state index in [2.05, 4.69) is 0 Å². The summed E-state index contributed by atoms with van der Waals surface area (Å²) < 4.78 is 4.73. The van der Waals surface area contributed by atoms with Gasteiger partial charge in [-0.15, -0.1) is 0 Å². The fraction of sp³-hybridized carbons (Fsp3) is 0.385. The number of carbonyl (C=O) groups excluding carboxylic acids is 2. The molecular formula is C13H13ClO3. The second-order valence-corrected chi connectivity index (χ2v) is 4.75. The molecule has 1 aromatic carbocycles. The van der Waals surface area contributed by atoms with Crippen molar-refractivity contribution in [1.82, 2.24) is 0 Å². The summed E-state index contributed by atoms with van der Waals surface area (Å²) in [5.74, 6) is -0.426. The average Bonchev–Trinajstić information content (AvgIpc) is 2.28. The van der Waals surface area contributed by atoms with Gasteiger partial charge in [-0.25, -0.2) is 4.79 Å². The fourth-order valence-electron chi connectivity index (χ4n) is 2.22. The first-order valence-corrected chi connectivity index (χ1v) is 5.85. The lowest BCUT2D eigenvalue weighted by Crippen LogP contribution is -2.37. The molecule has 90 valence electrons. The van der Waals surface area contributed by atoms with Crippen LogP contribution < -0.4 is 0 Å². The van der Waals surface area contributed by atoms with Crippen LogP contribution in [0.1, 0.15) is 35.2 Å². The van der Waals surface area contributed by atoms with Crippen LogP contribution in [0.5, 0.6) is 0 Å². The quantitative estimate of drug-likeness (QED) is 0.614. The second kappa shape index (κ2) is 4.49. The van der Waals surface area contributed by atoms with E-state index in [0.29, 0.717) is 16.1 Å². The third kappa shape index (κ3) is 1.95. The number of halogens is 1. The van der Waals surface area contributed by atoms with Crippen LogP contribution in [0.15, 0.2) is 18.2 Å². The Bertz CT molecular complexity index is 464. The van der Waals surface area contributed by atoms with E-state index < -0.39 is 11.4 Å². The van der Waals surface area contributed by atoms with Crippen LogP contribution in [0.2, 0.25) is 5.02 Å².